The van der Waals surface area contributed by atoms with Crippen LogP contribution in [0.1, 0.15) is 31.4 Å². The molecule has 0 unspecified atom stereocenters. The number of aryl methyl sites for hydroxylation is 1. The van der Waals surface area contributed by atoms with Crippen LogP contribution in [0.25, 0.3) is 0 Å². The number of nitrogens with one attached hydrogen (secondary N) is 1. The molecule has 0 spiro atoms. The minimum Gasteiger partial charge on any atom is -0.454 e. The van der Waals surface area contributed by atoms with Crippen molar-refractivity contribution < 1.29 is 27.5 Å². The first-order valence-corrected chi connectivity index (χ1v) is 12.9. The fourth-order valence-corrected chi connectivity index (χ4v) is 4.36. The van der Waals surface area contributed by atoms with Crippen molar-refractivity contribution in [2.24, 2.45) is 0 Å². The van der Waals surface area contributed by atoms with Gasteiger partial charge in [-0.15, -0.1) is 0 Å². The van der Waals surface area contributed by atoms with E-state index in [0.29, 0.717) is 18.0 Å². The van der Waals surface area contributed by atoms with E-state index in [1.807, 2.05) is 38.1 Å². The van der Waals surface area contributed by atoms with Gasteiger partial charge in [0.05, 0.1) is 11.9 Å². The van der Waals surface area contributed by atoms with Crippen molar-refractivity contribution in [3.05, 3.63) is 53.6 Å². The zero-order valence-electron chi connectivity index (χ0n) is 19.9. The maximum atomic E-state index is 13.5. The van der Waals surface area contributed by atoms with Crippen molar-refractivity contribution >= 4 is 27.5 Å². The fraction of sp³-hybridized carbons (Fsp3) is 0.417. The maximum absolute atomic E-state index is 13.5. The summed E-state index contributed by atoms with van der Waals surface area (Å²) in [4.78, 5) is 27.6. The Kier molecular flexibility index (Phi) is 8.03. The first-order chi connectivity index (χ1) is 16.1. The Hall–Kier alpha value is -3.27. The normalized spacial score (nSPS) is 13.3. The topological polar surface area (TPSA) is 105 Å². The number of ether oxygens (including phenoxy) is 2. The predicted octanol–water partition coefficient (Wildman–Crippen LogP) is 2.43. The second kappa shape index (κ2) is 10.8. The van der Waals surface area contributed by atoms with Crippen LogP contribution in [0.2, 0.25) is 0 Å². The second-order valence-corrected chi connectivity index (χ2v) is 10.2. The Morgan fingerprint density at radius 1 is 1.09 bits per heavy atom. The Labute approximate surface area is 200 Å². The quantitative estimate of drug-likeness (QED) is 0.550. The lowest BCUT2D eigenvalue weighted by molar-refractivity contribution is -0.139. The van der Waals surface area contributed by atoms with E-state index in [2.05, 4.69) is 5.32 Å². The van der Waals surface area contributed by atoms with E-state index in [4.69, 9.17) is 9.47 Å². The van der Waals surface area contributed by atoms with Crippen LogP contribution in [-0.4, -0.2) is 57.3 Å². The summed E-state index contributed by atoms with van der Waals surface area (Å²) in [5, 5.41) is 2.81. The average Bonchev–Trinajstić information content (AvgIpc) is 3.27. The van der Waals surface area contributed by atoms with Crippen molar-refractivity contribution in [2.75, 3.05) is 30.4 Å². The van der Waals surface area contributed by atoms with Gasteiger partial charge in [0.2, 0.25) is 28.6 Å². The molecule has 3 rings (SSSR count). The summed E-state index contributed by atoms with van der Waals surface area (Å²) in [6, 6.07) is 11.5. The number of sulfonamides is 1. The smallest absolute Gasteiger partial charge is 0.244 e. The summed E-state index contributed by atoms with van der Waals surface area (Å²) in [6.07, 6.45) is 1.79. The van der Waals surface area contributed by atoms with Crippen molar-refractivity contribution in [2.45, 2.75) is 39.8 Å². The number of fused-ring (bicyclic) bond motifs is 1. The Morgan fingerprint density at radius 2 is 1.76 bits per heavy atom. The van der Waals surface area contributed by atoms with Gasteiger partial charge in [0.1, 0.15) is 12.6 Å². The third-order valence-electron chi connectivity index (χ3n) is 5.51. The van der Waals surface area contributed by atoms with E-state index >= 15 is 0 Å². The molecule has 1 heterocycles. The van der Waals surface area contributed by atoms with Crippen LogP contribution in [0.15, 0.2) is 42.5 Å². The lowest BCUT2D eigenvalue weighted by Crippen LogP contribution is -2.51. The van der Waals surface area contributed by atoms with Gasteiger partial charge in [0.25, 0.3) is 0 Å². The Bertz CT molecular complexity index is 1130. The summed E-state index contributed by atoms with van der Waals surface area (Å²) in [6.45, 7) is 5.78. The molecule has 9 nitrogen and oxygen atoms in total. The average molecular weight is 490 g/mol. The molecule has 0 aromatic heterocycles. The number of carbonyl (C=O) groups is 2. The molecule has 34 heavy (non-hydrogen) atoms. The molecule has 0 saturated heterocycles. The van der Waals surface area contributed by atoms with E-state index in [0.717, 1.165) is 28.1 Å². The van der Waals surface area contributed by atoms with Crippen molar-refractivity contribution in [1.29, 1.82) is 0 Å². The van der Waals surface area contributed by atoms with Crippen LogP contribution in [0.4, 0.5) is 5.69 Å². The van der Waals surface area contributed by atoms with Gasteiger partial charge in [0.15, 0.2) is 11.5 Å². The molecule has 1 aliphatic heterocycles. The van der Waals surface area contributed by atoms with E-state index in [1.165, 1.54) is 11.0 Å². The molecule has 2 amide bonds. The summed E-state index contributed by atoms with van der Waals surface area (Å²) in [7, 11) is -3.81. The molecule has 10 heteroatoms. The molecule has 0 saturated carbocycles. The summed E-state index contributed by atoms with van der Waals surface area (Å²) >= 11 is 0. The molecule has 184 valence electrons. The molecule has 2 aromatic rings. The highest BCUT2D eigenvalue weighted by Crippen LogP contribution is 2.36. The molecule has 1 atom stereocenters. The van der Waals surface area contributed by atoms with Gasteiger partial charge in [0, 0.05) is 19.2 Å². The number of carbonyl (C=O) groups excluding carboxylic acids is 2. The predicted molar refractivity (Wildman–Crippen MR) is 129 cm³/mol. The highest BCUT2D eigenvalue weighted by atomic mass is 32.2. The van der Waals surface area contributed by atoms with Gasteiger partial charge in [-0.25, -0.2) is 8.42 Å². The van der Waals surface area contributed by atoms with Gasteiger partial charge < -0.3 is 19.7 Å². The first-order valence-electron chi connectivity index (χ1n) is 11.1. The highest BCUT2D eigenvalue weighted by Gasteiger charge is 2.30. The lowest BCUT2D eigenvalue weighted by atomic mass is 10.1. The highest BCUT2D eigenvalue weighted by molar-refractivity contribution is 7.92. The van der Waals surface area contributed by atoms with E-state index in [9.17, 15) is 18.0 Å². The van der Waals surface area contributed by atoms with Crippen molar-refractivity contribution in [1.82, 2.24) is 10.2 Å². The van der Waals surface area contributed by atoms with Crippen LogP contribution in [0, 0.1) is 6.92 Å². The van der Waals surface area contributed by atoms with Crippen LogP contribution >= 0.6 is 0 Å². The zero-order chi connectivity index (χ0) is 24.9. The minimum atomic E-state index is -3.81. The number of nitrogens with zero attached hydrogens (tertiary/aromatic N) is 2. The SMILES string of the molecule is CCCNC(=O)[C@H](C)N(Cc1ccc(C)cc1)C(=O)CN(c1ccc2c(c1)OCO2)S(C)(=O)=O. The number of amides is 2. The minimum absolute atomic E-state index is 0.0469. The molecule has 0 aliphatic carbocycles. The van der Waals surface area contributed by atoms with Crippen LogP contribution in [0.5, 0.6) is 11.5 Å². The van der Waals surface area contributed by atoms with Gasteiger partial charge >= 0.3 is 0 Å². The monoisotopic (exact) mass is 489 g/mol. The van der Waals surface area contributed by atoms with E-state index in [1.54, 1.807) is 19.1 Å². The summed E-state index contributed by atoms with van der Waals surface area (Å²) in [5.74, 6) is 0.118. The van der Waals surface area contributed by atoms with E-state index < -0.39 is 28.5 Å². The standard InChI is InChI=1S/C24H31N3O6S/c1-5-12-25-24(29)18(3)26(14-19-8-6-17(2)7-9-19)23(28)15-27(34(4,30)31)20-10-11-21-22(13-20)33-16-32-21/h6-11,13,18H,5,12,14-16H2,1-4H3,(H,25,29)/t18-/m0/s1. The number of benzene rings is 2. The maximum Gasteiger partial charge on any atom is 0.244 e. The third kappa shape index (κ3) is 6.19. The molecule has 0 bridgehead atoms. The number of rotatable bonds is 10. The number of hydrogen-bond donors (Lipinski definition) is 1. The van der Waals surface area contributed by atoms with Gasteiger partial charge in [-0.1, -0.05) is 36.8 Å². The largest absolute Gasteiger partial charge is 0.454 e. The van der Waals surface area contributed by atoms with Crippen molar-refractivity contribution in [3.8, 4) is 11.5 Å². The number of hydrogen-bond acceptors (Lipinski definition) is 6. The molecule has 2 aromatic carbocycles. The lowest BCUT2D eigenvalue weighted by Gasteiger charge is -2.31. The zero-order valence-corrected chi connectivity index (χ0v) is 20.7. The van der Waals surface area contributed by atoms with E-state index in [-0.39, 0.29) is 24.9 Å². The Balaban J connectivity index is 1.89. The molecule has 1 N–H and O–H groups in total. The van der Waals surface area contributed by atoms with Gasteiger partial charge in [-0.05, 0) is 38.0 Å². The fourth-order valence-electron chi connectivity index (χ4n) is 3.52. The molecule has 1 aliphatic rings. The third-order valence-corrected chi connectivity index (χ3v) is 6.65. The second-order valence-electron chi connectivity index (χ2n) is 8.28. The Morgan fingerprint density at radius 3 is 2.41 bits per heavy atom. The molecule has 0 fully saturated rings. The van der Waals surface area contributed by atoms with Gasteiger partial charge in [-0.3, -0.25) is 13.9 Å². The van der Waals surface area contributed by atoms with Crippen LogP contribution < -0.4 is 19.1 Å². The summed E-state index contributed by atoms with van der Waals surface area (Å²) < 4.78 is 36.9. The molecular formula is C24H31N3O6S. The van der Waals surface area contributed by atoms with Crippen LogP contribution in [-0.2, 0) is 26.2 Å². The number of anilines is 1. The molecule has 0 radical (unpaired) electrons. The van der Waals surface area contributed by atoms with Crippen LogP contribution in [0.3, 0.4) is 0 Å². The van der Waals surface area contributed by atoms with Gasteiger partial charge in [-0.2, -0.15) is 0 Å². The first kappa shape index (κ1) is 25.4. The van der Waals surface area contributed by atoms with Crippen molar-refractivity contribution in [3.63, 3.8) is 0 Å². The molecular weight excluding hydrogens is 458 g/mol. The summed E-state index contributed by atoms with van der Waals surface area (Å²) in [5.41, 5.74) is 2.18.